The minimum Gasteiger partial charge on any atom is -0.481 e. The van der Waals surface area contributed by atoms with Crippen LogP contribution in [0.25, 0.3) is 0 Å². The van der Waals surface area contributed by atoms with Crippen molar-refractivity contribution >= 4 is 29.2 Å². The Labute approximate surface area is 120 Å². The van der Waals surface area contributed by atoms with Gasteiger partial charge in [0.2, 0.25) is 0 Å². The predicted molar refractivity (Wildman–Crippen MR) is 74.3 cm³/mol. The van der Waals surface area contributed by atoms with Gasteiger partial charge in [-0.15, -0.1) is 0 Å². The van der Waals surface area contributed by atoms with Crippen LogP contribution in [-0.4, -0.2) is 11.1 Å². The number of hydrogen-bond acceptors (Lipinski definition) is 2. The Morgan fingerprint density at radius 1 is 1.11 bits per heavy atom. The summed E-state index contributed by atoms with van der Waals surface area (Å²) in [5.74, 6) is -0.00943. The molecule has 0 amide bonds. The van der Waals surface area contributed by atoms with Gasteiger partial charge in [-0.3, -0.25) is 4.79 Å². The van der Waals surface area contributed by atoms with Gasteiger partial charge in [0.1, 0.15) is 5.75 Å². The van der Waals surface area contributed by atoms with E-state index in [1.165, 1.54) is 0 Å². The fourth-order valence-electron chi connectivity index (χ4n) is 1.59. The maximum Gasteiger partial charge on any atom is 0.307 e. The molecule has 0 bridgehead atoms. The van der Waals surface area contributed by atoms with Crippen molar-refractivity contribution < 1.29 is 14.6 Å². The standard InChI is InChI=1S/C14H10Cl2O3/c15-11-6-9(8-13(17)18)7-12(16)14(11)19-10-4-2-1-3-5-10/h1-7H,8H2,(H,17,18). The van der Waals surface area contributed by atoms with Crippen molar-refractivity contribution in [1.82, 2.24) is 0 Å². The van der Waals surface area contributed by atoms with E-state index in [-0.39, 0.29) is 16.5 Å². The average molecular weight is 297 g/mol. The molecule has 98 valence electrons. The van der Waals surface area contributed by atoms with Gasteiger partial charge in [-0.2, -0.15) is 0 Å². The van der Waals surface area contributed by atoms with E-state index in [0.29, 0.717) is 17.1 Å². The average Bonchev–Trinajstić information content (AvgIpc) is 2.34. The van der Waals surface area contributed by atoms with Gasteiger partial charge in [-0.25, -0.2) is 0 Å². The molecule has 5 heteroatoms. The Kier molecular flexibility index (Phi) is 4.30. The lowest BCUT2D eigenvalue weighted by molar-refractivity contribution is -0.136. The smallest absolute Gasteiger partial charge is 0.307 e. The first-order valence-electron chi connectivity index (χ1n) is 5.49. The third-order valence-electron chi connectivity index (χ3n) is 2.38. The summed E-state index contributed by atoms with van der Waals surface area (Å²) in [6, 6.07) is 12.2. The zero-order valence-corrected chi connectivity index (χ0v) is 11.3. The summed E-state index contributed by atoms with van der Waals surface area (Å²) in [4.78, 5) is 10.6. The molecule has 3 nitrogen and oxygen atoms in total. The van der Waals surface area contributed by atoms with Gasteiger partial charge in [0.25, 0.3) is 0 Å². The first-order valence-corrected chi connectivity index (χ1v) is 6.24. The van der Waals surface area contributed by atoms with E-state index in [0.717, 1.165) is 0 Å². The third-order valence-corrected chi connectivity index (χ3v) is 2.94. The second-order valence-corrected chi connectivity index (χ2v) is 4.69. The van der Waals surface area contributed by atoms with Crippen LogP contribution in [0.15, 0.2) is 42.5 Å². The van der Waals surface area contributed by atoms with Crippen LogP contribution in [0.1, 0.15) is 5.56 Å². The number of carboxylic acids is 1. The lowest BCUT2D eigenvalue weighted by Gasteiger charge is -2.10. The molecule has 0 aromatic heterocycles. The molecule has 0 aliphatic rings. The van der Waals surface area contributed by atoms with E-state index >= 15 is 0 Å². The molecule has 1 N–H and O–H groups in total. The van der Waals surface area contributed by atoms with Crippen molar-refractivity contribution in [2.45, 2.75) is 6.42 Å². The molecule has 0 saturated carbocycles. The first-order chi connectivity index (χ1) is 9.06. The topological polar surface area (TPSA) is 46.5 Å². The summed E-state index contributed by atoms with van der Waals surface area (Å²) in [6.07, 6.45) is -0.134. The Balaban J connectivity index is 2.29. The maximum atomic E-state index is 10.6. The van der Waals surface area contributed by atoms with E-state index in [9.17, 15) is 4.79 Å². The van der Waals surface area contributed by atoms with Crippen molar-refractivity contribution in [1.29, 1.82) is 0 Å². The van der Waals surface area contributed by atoms with Gasteiger partial charge in [0.05, 0.1) is 16.5 Å². The molecule has 2 aromatic rings. The summed E-state index contributed by atoms with van der Waals surface area (Å²) >= 11 is 12.1. The number of aliphatic carboxylic acids is 1. The van der Waals surface area contributed by atoms with Gasteiger partial charge in [0.15, 0.2) is 5.75 Å². The van der Waals surface area contributed by atoms with Crippen molar-refractivity contribution in [2.75, 3.05) is 0 Å². The Morgan fingerprint density at radius 3 is 2.21 bits per heavy atom. The quantitative estimate of drug-likeness (QED) is 0.909. The minimum atomic E-state index is -0.941. The van der Waals surface area contributed by atoms with Crippen LogP contribution in [0.4, 0.5) is 0 Å². The second-order valence-electron chi connectivity index (χ2n) is 3.87. The summed E-state index contributed by atoms with van der Waals surface area (Å²) < 4.78 is 5.59. The van der Waals surface area contributed by atoms with E-state index in [1.807, 2.05) is 18.2 Å². The van der Waals surface area contributed by atoms with Gasteiger partial charge in [-0.1, -0.05) is 41.4 Å². The number of carboxylic acid groups (broad SMARTS) is 1. The van der Waals surface area contributed by atoms with Crippen molar-refractivity contribution in [3.63, 3.8) is 0 Å². The van der Waals surface area contributed by atoms with E-state index < -0.39 is 5.97 Å². The molecular formula is C14H10Cl2O3. The fourth-order valence-corrected chi connectivity index (χ4v) is 2.20. The molecule has 0 aliphatic heterocycles. The van der Waals surface area contributed by atoms with Crippen molar-refractivity contribution in [3.05, 3.63) is 58.1 Å². The molecule has 0 spiro atoms. The largest absolute Gasteiger partial charge is 0.481 e. The van der Waals surface area contributed by atoms with Gasteiger partial charge < -0.3 is 9.84 Å². The number of ether oxygens (including phenoxy) is 1. The Morgan fingerprint density at radius 2 is 1.68 bits per heavy atom. The van der Waals surface area contributed by atoms with E-state index in [4.69, 9.17) is 33.0 Å². The van der Waals surface area contributed by atoms with Crippen LogP contribution >= 0.6 is 23.2 Å². The zero-order chi connectivity index (χ0) is 13.8. The first kappa shape index (κ1) is 13.7. The highest BCUT2D eigenvalue weighted by atomic mass is 35.5. The van der Waals surface area contributed by atoms with Gasteiger partial charge in [0, 0.05) is 0 Å². The van der Waals surface area contributed by atoms with Crippen LogP contribution in [0.2, 0.25) is 10.0 Å². The van der Waals surface area contributed by atoms with Gasteiger partial charge in [-0.05, 0) is 29.8 Å². The maximum absolute atomic E-state index is 10.6. The highest BCUT2D eigenvalue weighted by Crippen LogP contribution is 2.37. The molecule has 2 aromatic carbocycles. The lowest BCUT2D eigenvalue weighted by Crippen LogP contribution is -2.00. The molecule has 0 radical (unpaired) electrons. The molecule has 19 heavy (non-hydrogen) atoms. The second kappa shape index (κ2) is 5.95. The monoisotopic (exact) mass is 296 g/mol. The number of benzene rings is 2. The zero-order valence-electron chi connectivity index (χ0n) is 9.77. The number of para-hydroxylation sites is 1. The molecule has 0 atom stereocenters. The molecule has 0 unspecified atom stereocenters. The number of halogens is 2. The van der Waals surface area contributed by atoms with Gasteiger partial charge >= 0.3 is 5.97 Å². The number of rotatable bonds is 4. The van der Waals surface area contributed by atoms with Crippen LogP contribution in [0.5, 0.6) is 11.5 Å². The number of hydrogen-bond donors (Lipinski definition) is 1. The Hall–Kier alpha value is -1.71. The highest BCUT2D eigenvalue weighted by Gasteiger charge is 2.12. The van der Waals surface area contributed by atoms with Crippen LogP contribution < -0.4 is 4.74 Å². The fraction of sp³-hybridized carbons (Fsp3) is 0.0714. The summed E-state index contributed by atoms with van der Waals surface area (Å²) in [7, 11) is 0. The molecule has 0 aliphatic carbocycles. The van der Waals surface area contributed by atoms with Crippen molar-refractivity contribution in [2.24, 2.45) is 0 Å². The molecule has 0 fully saturated rings. The minimum absolute atomic E-state index is 0.134. The molecule has 2 rings (SSSR count). The normalized spacial score (nSPS) is 10.2. The van der Waals surface area contributed by atoms with E-state index in [1.54, 1.807) is 24.3 Å². The van der Waals surface area contributed by atoms with Crippen LogP contribution in [-0.2, 0) is 11.2 Å². The SMILES string of the molecule is O=C(O)Cc1cc(Cl)c(Oc2ccccc2)c(Cl)c1. The molecular weight excluding hydrogens is 287 g/mol. The summed E-state index contributed by atoms with van der Waals surface area (Å²) in [6.45, 7) is 0. The summed E-state index contributed by atoms with van der Waals surface area (Å²) in [5.41, 5.74) is 0.530. The Bertz CT molecular complexity index is 574. The molecule has 0 saturated heterocycles. The van der Waals surface area contributed by atoms with Crippen LogP contribution in [0.3, 0.4) is 0 Å². The predicted octanol–water partition coefficient (Wildman–Crippen LogP) is 4.41. The van der Waals surface area contributed by atoms with Crippen LogP contribution in [0, 0.1) is 0 Å². The third kappa shape index (κ3) is 3.63. The van der Waals surface area contributed by atoms with E-state index in [2.05, 4.69) is 0 Å². The highest BCUT2D eigenvalue weighted by molar-refractivity contribution is 6.37. The summed E-state index contributed by atoms with van der Waals surface area (Å²) in [5, 5.41) is 9.31. The van der Waals surface area contributed by atoms with Crippen molar-refractivity contribution in [3.8, 4) is 11.5 Å². The molecule has 0 heterocycles. The lowest BCUT2D eigenvalue weighted by atomic mass is 10.1. The number of carbonyl (C=O) groups is 1.